The third-order valence-corrected chi connectivity index (χ3v) is 8.43. The van der Waals surface area contributed by atoms with E-state index in [0.717, 1.165) is 62.4 Å². The number of hydrogen-bond acceptors (Lipinski definition) is 9. The standard InChI is InChI=1S/C36H26N10O.Ni/c1-2-3-4-9-17-47-28-16-10-11-20-18-26-27(19-25(20)28)34-40-30-22-13-6-8-15-24(22)32(38-30)43-36-44-35(45-46-36)42-31-23-14-7-5-12-21(23)29(37-31)39-33(26)41-34;/h5-8,10-16,18-19H,2-4,9,17H2,1H3;/q-2;+2. The van der Waals surface area contributed by atoms with Crippen LogP contribution in [0.1, 0.15) is 32.6 Å². The summed E-state index contributed by atoms with van der Waals surface area (Å²) in [6.45, 7) is 2.87. The molecule has 0 N–H and O–H groups in total. The molecular weight excluding hydrogens is 647 g/mol. The third-order valence-electron chi connectivity index (χ3n) is 8.43. The Labute approximate surface area is 284 Å². The maximum absolute atomic E-state index is 6.31. The van der Waals surface area contributed by atoms with Gasteiger partial charge in [0.15, 0.2) is 0 Å². The van der Waals surface area contributed by atoms with Gasteiger partial charge in [0.2, 0.25) is 0 Å². The van der Waals surface area contributed by atoms with Gasteiger partial charge in [-0.2, -0.15) is 0 Å². The van der Waals surface area contributed by atoms with Gasteiger partial charge in [-0.25, -0.2) is 20.2 Å². The van der Waals surface area contributed by atoms with E-state index in [1.54, 1.807) is 0 Å². The molecule has 0 saturated carbocycles. The molecule has 11 nitrogen and oxygen atoms in total. The molecule has 9 rings (SSSR count). The molecular formula is C36H26N10NiO. The number of ether oxygens (including phenoxy) is 1. The van der Waals surface area contributed by atoms with E-state index in [9.17, 15) is 0 Å². The van der Waals surface area contributed by atoms with E-state index in [1.165, 1.54) is 12.8 Å². The topological polar surface area (TPSA) is 141 Å². The molecule has 7 aromatic rings. The number of unbranched alkanes of at least 4 members (excludes halogenated alkanes) is 3. The molecule has 48 heavy (non-hydrogen) atoms. The van der Waals surface area contributed by atoms with Gasteiger partial charge in [0.05, 0.1) is 18.3 Å². The fourth-order valence-corrected chi connectivity index (χ4v) is 6.13. The van der Waals surface area contributed by atoms with E-state index < -0.39 is 0 Å². The minimum atomic E-state index is 0. The van der Waals surface area contributed by atoms with Gasteiger partial charge in [-0.3, -0.25) is 15.0 Å². The molecule has 0 spiro atoms. The molecule has 3 aromatic heterocycles. The van der Waals surface area contributed by atoms with Gasteiger partial charge in [-0.1, -0.05) is 86.8 Å². The molecule has 8 bridgehead atoms. The Kier molecular flexibility index (Phi) is 7.57. The summed E-state index contributed by atoms with van der Waals surface area (Å²) >= 11 is 0. The Morgan fingerprint density at radius 3 is 1.69 bits per heavy atom. The van der Waals surface area contributed by atoms with Gasteiger partial charge < -0.3 is 19.7 Å². The van der Waals surface area contributed by atoms with Crippen molar-refractivity contribution >= 4 is 44.4 Å². The van der Waals surface area contributed by atoms with Crippen LogP contribution >= 0.6 is 0 Å². The van der Waals surface area contributed by atoms with Gasteiger partial charge >= 0.3 is 16.5 Å². The Morgan fingerprint density at radius 1 is 0.542 bits per heavy atom. The summed E-state index contributed by atoms with van der Waals surface area (Å²) in [5.41, 5.74) is 4.30. The molecule has 0 atom stereocenters. The van der Waals surface area contributed by atoms with E-state index in [-0.39, 0.29) is 28.0 Å². The summed E-state index contributed by atoms with van der Waals surface area (Å²) in [6.07, 6.45) is 4.55. The quantitative estimate of drug-likeness (QED) is 0.135. The number of benzene rings is 4. The van der Waals surface area contributed by atoms with Crippen molar-refractivity contribution in [1.82, 2.24) is 50.1 Å². The summed E-state index contributed by atoms with van der Waals surface area (Å²) in [5, 5.41) is 12.0. The van der Waals surface area contributed by atoms with Crippen molar-refractivity contribution in [2.24, 2.45) is 0 Å². The smallest absolute Gasteiger partial charge is 0.493 e. The van der Waals surface area contributed by atoms with Crippen molar-refractivity contribution < 1.29 is 21.2 Å². The van der Waals surface area contributed by atoms with Crippen molar-refractivity contribution in [2.45, 2.75) is 32.6 Å². The fraction of sp³-hybridized carbons (Fsp3) is 0.167. The number of hydrogen-bond donors (Lipinski definition) is 0. The molecule has 0 unspecified atom stereocenters. The second kappa shape index (κ2) is 12.2. The zero-order valence-corrected chi connectivity index (χ0v) is 26.7. The second-order valence-electron chi connectivity index (χ2n) is 11.5. The van der Waals surface area contributed by atoms with Gasteiger partial charge in [0.25, 0.3) is 0 Å². The van der Waals surface area contributed by atoms with E-state index >= 15 is 0 Å². The molecule has 5 heterocycles. The summed E-state index contributed by atoms with van der Waals surface area (Å²) in [4.78, 5) is 38.4. The summed E-state index contributed by atoms with van der Waals surface area (Å²) < 4.78 is 6.31. The van der Waals surface area contributed by atoms with Crippen molar-refractivity contribution in [3.8, 4) is 51.3 Å². The summed E-state index contributed by atoms with van der Waals surface area (Å²) in [7, 11) is 0. The van der Waals surface area contributed by atoms with Crippen molar-refractivity contribution in [1.29, 1.82) is 0 Å². The largest absolute Gasteiger partial charge is 2.00 e. The van der Waals surface area contributed by atoms with Crippen LogP contribution in [-0.4, -0.2) is 46.7 Å². The van der Waals surface area contributed by atoms with E-state index in [0.29, 0.717) is 41.2 Å². The molecule has 236 valence electrons. The maximum Gasteiger partial charge on any atom is 2.00 e. The zero-order valence-electron chi connectivity index (χ0n) is 25.7. The average molecular weight is 673 g/mol. The van der Waals surface area contributed by atoms with Gasteiger partial charge in [0, 0.05) is 38.9 Å². The number of nitrogens with zero attached hydrogens (tertiary/aromatic N) is 10. The molecule has 2 aliphatic heterocycles. The molecule has 4 aromatic carbocycles. The SMILES string of the molecule is CCCCCCOc1cccc2cc3c4nc5nc(nc6nnc(nc7nc(nc([n-]4)c3cc12)-c1ccccc1-7)[n-]6)-c1ccccc1-5.[Ni+2]. The molecule has 0 amide bonds. The maximum atomic E-state index is 6.31. The van der Waals surface area contributed by atoms with Crippen LogP contribution in [0.2, 0.25) is 0 Å². The average Bonchev–Trinajstić information content (AvgIpc) is 3.86. The molecule has 0 saturated heterocycles. The van der Waals surface area contributed by atoms with Crippen LogP contribution in [0.25, 0.3) is 89.9 Å². The Hall–Kier alpha value is -5.61. The normalized spacial score (nSPS) is 11.7. The predicted octanol–water partition coefficient (Wildman–Crippen LogP) is 6.87. The van der Waals surface area contributed by atoms with Crippen LogP contribution in [0.4, 0.5) is 0 Å². The summed E-state index contributed by atoms with van der Waals surface area (Å²) in [6, 6.07) is 25.9. The van der Waals surface area contributed by atoms with Gasteiger partial charge in [-0.15, -0.1) is 0 Å². The first kappa shape index (κ1) is 29.8. The van der Waals surface area contributed by atoms with Gasteiger partial charge in [0.1, 0.15) is 29.0 Å². The second-order valence-corrected chi connectivity index (χ2v) is 11.5. The molecule has 0 aliphatic carbocycles. The van der Waals surface area contributed by atoms with Crippen LogP contribution in [0, 0.1) is 0 Å². The number of fused-ring (bicyclic) bond motifs is 18. The molecule has 0 fully saturated rings. The van der Waals surface area contributed by atoms with Crippen LogP contribution in [0.3, 0.4) is 0 Å². The first-order chi connectivity index (χ1) is 23.2. The number of aromatic nitrogens is 10. The number of rotatable bonds is 6. The van der Waals surface area contributed by atoms with Gasteiger partial charge in [-0.05, 0) is 40.8 Å². The van der Waals surface area contributed by atoms with Crippen LogP contribution < -0.4 is 14.7 Å². The minimum absolute atomic E-state index is 0. The first-order valence-electron chi connectivity index (χ1n) is 15.7. The van der Waals surface area contributed by atoms with Crippen molar-refractivity contribution in [3.63, 3.8) is 0 Å². The Morgan fingerprint density at radius 2 is 1.10 bits per heavy atom. The van der Waals surface area contributed by atoms with Crippen LogP contribution in [0.15, 0.2) is 78.9 Å². The van der Waals surface area contributed by atoms with Crippen LogP contribution in [-0.2, 0) is 16.5 Å². The van der Waals surface area contributed by atoms with E-state index in [2.05, 4.69) is 50.3 Å². The monoisotopic (exact) mass is 672 g/mol. The van der Waals surface area contributed by atoms with E-state index in [1.807, 2.05) is 60.7 Å². The predicted molar refractivity (Wildman–Crippen MR) is 179 cm³/mol. The zero-order chi connectivity index (χ0) is 31.3. The summed E-state index contributed by atoms with van der Waals surface area (Å²) in [5.74, 6) is 3.00. The van der Waals surface area contributed by atoms with Crippen molar-refractivity contribution in [2.75, 3.05) is 6.61 Å². The third kappa shape index (κ3) is 5.14. The molecule has 12 heteroatoms. The van der Waals surface area contributed by atoms with E-state index in [4.69, 9.17) is 29.7 Å². The minimum Gasteiger partial charge on any atom is -0.493 e. The fourth-order valence-electron chi connectivity index (χ4n) is 6.13. The Balaban J connectivity index is 0.00000336. The first-order valence-corrected chi connectivity index (χ1v) is 15.7. The molecule has 0 radical (unpaired) electrons. The van der Waals surface area contributed by atoms with Crippen LogP contribution in [0.5, 0.6) is 5.75 Å². The Bertz CT molecular complexity index is 2530. The van der Waals surface area contributed by atoms with Crippen molar-refractivity contribution in [3.05, 3.63) is 78.9 Å². The molecule has 2 aliphatic rings.